The van der Waals surface area contributed by atoms with Gasteiger partial charge in [0.1, 0.15) is 18.3 Å². The molecule has 5 N–H and O–H groups in total. The smallest absolute Gasteiger partial charge is 0.269 e. The number of nitro groups is 1. The number of hydrogen-bond acceptors (Lipinski definition) is 9. The summed E-state index contributed by atoms with van der Waals surface area (Å²) in [5.41, 5.74) is 2.69. The van der Waals surface area contributed by atoms with Gasteiger partial charge in [-0.1, -0.05) is 11.3 Å². The van der Waals surface area contributed by atoms with Crippen LogP contribution in [0.5, 0.6) is 0 Å². The molecule has 0 fully saturated rings. The third kappa shape index (κ3) is 6.02. The van der Waals surface area contributed by atoms with Gasteiger partial charge >= 0.3 is 0 Å². The van der Waals surface area contributed by atoms with E-state index in [4.69, 9.17) is 10.2 Å². The molecule has 0 radical (unpaired) electrons. The van der Waals surface area contributed by atoms with E-state index in [1.54, 1.807) is 12.1 Å². The monoisotopic (exact) mass is 420 g/mol. The van der Waals surface area contributed by atoms with Crippen molar-refractivity contribution in [3.8, 4) is 0 Å². The fraction of sp³-hybridized carbons (Fsp3) is 0.368. The zero-order valence-electron chi connectivity index (χ0n) is 16.4. The molecule has 3 atom stereocenters. The summed E-state index contributed by atoms with van der Waals surface area (Å²) in [5.74, 6) is 0. The number of aryl methyl sites for hydroxylation is 2. The second kappa shape index (κ2) is 10.2. The lowest BCUT2D eigenvalue weighted by molar-refractivity contribution is -0.384. The van der Waals surface area contributed by atoms with Gasteiger partial charge in [-0.05, 0) is 49.2 Å². The van der Waals surface area contributed by atoms with Gasteiger partial charge < -0.3 is 25.5 Å². The number of aliphatic hydroxyl groups is 5. The Morgan fingerprint density at radius 2 is 1.60 bits per heavy atom. The number of non-ortho nitro benzene ring substituents is 1. The van der Waals surface area contributed by atoms with Gasteiger partial charge in [-0.25, -0.2) is 5.01 Å². The van der Waals surface area contributed by atoms with Gasteiger partial charge in [0.15, 0.2) is 6.29 Å². The van der Waals surface area contributed by atoms with Crippen LogP contribution in [0, 0.1) is 24.0 Å². The van der Waals surface area contributed by atoms with Gasteiger partial charge in [0.2, 0.25) is 0 Å². The Morgan fingerprint density at radius 1 is 0.967 bits per heavy atom. The maximum absolute atomic E-state index is 10.7. The summed E-state index contributed by atoms with van der Waals surface area (Å²) in [4.78, 5) is 10.2. The molecule has 2 rings (SSSR count). The Bertz CT molecular complexity index is 889. The minimum atomic E-state index is -2.23. The first-order valence-corrected chi connectivity index (χ1v) is 9.01. The highest BCUT2D eigenvalue weighted by Crippen LogP contribution is 2.23. The molecule has 0 saturated carbocycles. The summed E-state index contributed by atoms with van der Waals surface area (Å²) in [6.45, 7) is 3.46. The summed E-state index contributed by atoms with van der Waals surface area (Å²) < 4.78 is 0. The SMILES string of the molecule is Cc1ccc(N(C[C@H](O)[C@H](O)[C@@H](O)C(O)O)N=Nc2ccc([N+](=O)[O-])cc2)cc1C. The average Bonchev–Trinajstić information content (AvgIpc) is 2.72. The summed E-state index contributed by atoms with van der Waals surface area (Å²) in [6.07, 6.45) is -7.66. The van der Waals surface area contributed by atoms with Crippen molar-refractivity contribution in [2.45, 2.75) is 38.4 Å². The zero-order chi connectivity index (χ0) is 22.4. The van der Waals surface area contributed by atoms with Crippen molar-refractivity contribution in [3.63, 3.8) is 0 Å². The van der Waals surface area contributed by atoms with E-state index in [1.165, 1.54) is 29.3 Å². The normalized spacial score (nSPS) is 14.7. The molecule has 0 aliphatic rings. The summed E-state index contributed by atoms with van der Waals surface area (Å²) >= 11 is 0. The van der Waals surface area contributed by atoms with Crippen LogP contribution in [0.15, 0.2) is 52.8 Å². The van der Waals surface area contributed by atoms with E-state index in [0.717, 1.165) is 11.1 Å². The predicted molar refractivity (Wildman–Crippen MR) is 107 cm³/mol. The number of hydrogen-bond donors (Lipinski definition) is 5. The Kier molecular flexibility index (Phi) is 7.92. The first-order chi connectivity index (χ1) is 14.1. The van der Waals surface area contributed by atoms with Crippen molar-refractivity contribution < 1.29 is 30.5 Å². The van der Waals surface area contributed by atoms with Crippen LogP contribution in [-0.4, -0.2) is 61.6 Å². The molecule has 11 heteroatoms. The van der Waals surface area contributed by atoms with Crippen LogP contribution >= 0.6 is 0 Å². The molecule has 0 aromatic heterocycles. The second-order valence-electron chi connectivity index (χ2n) is 6.78. The number of anilines is 1. The Labute approximate surface area is 172 Å². The van der Waals surface area contributed by atoms with Gasteiger partial charge in [0.25, 0.3) is 5.69 Å². The maximum Gasteiger partial charge on any atom is 0.269 e. The van der Waals surface area contributed by atoms with Crippen molar-refractivity contribution in [1.29, 1.82) is 0 Å². The van der Waals surface area contributed by atoms with E-state index >= 15 is 0 Å². The third-order valence-corrected chi connectivity index (χ3v) is 4.53. The van der Waals surface area contributed by atoms with Crippen LogP contribution < -0.4 is 5.01 Å². The molecule has 2 aromatic rings. The van der Waals surface area contributed by atoms with Crippen LogP contribution in [-0.2, 0) is 0 Å². The van der Waals surface area contributed by atoms with E-state index in [0.29, 0.717) is 11.4 Å². The highest BCUT2D eigenvalue weighted by molar-refractivity contribution is 5.50. The number of benzene rings is 2. The van der Waals surface area contributed by atoms with Crippen molar-refractivity contribution in [3.05, 3.63) is 63.7 Å². The maximum atomic E-state index is 10.7. The van der Waals surface area contributed by atoms with E-state index in [-0.39, 0.29) is 12.2 Å². The molecule has 2 aromatic carbocycles. The highest BCUT2D eigenvalue weighted by Gasteiger charge is 2.31. The number of rotatable bonds is 9. The number of nitrogens with zero attached hydrogens (tertiary/aromatic N) is 4. The molecule has 0 spiro atoms. The largest absolute Gasteiger partial charge is 0.388 e. The molecule has 11 nitrogen and oxygen atoms in total. The fourth-order valence-electron chi connectivity index (χ4n) is 2.52. The first kappa shape index (κ1) is 23.3. The number of nitro benzene ring substituents is 1. The summed E-state index contributed by atoms with van der Waals surface area (Å²) in [5, 5.41) is 67.8. The standard InChI is InChI=1S/C19H24N4O7/c1-11-3-6-15(9-12(11)2)22(10-16(24)17(25)18(26)19(27)28)21-20-13-4-7-14(8-5-13)23(29)30/h3-9,16-19,24-28H,10H2,1-2H3/t16-,17-,18+/m0/s1. The van der Waals surface area contributed by atoms with Gasteiger partial charge in [-0.3, -0.25) is 10.1 Å². The average molecular weight is 420 g/mol. The molecular formula is C19H24N4O7. The molecule has 0 aliphatic carbocycles. The first-order valence-electron chi connectivity index (χ1n) is 9.01. The van der Waals surface area contributed by atoms with E-state index < -0.39 is 29.5 Å². The van der Waals surface area contributed by atoms with Crippen LogP contribution in [0.25, 0.3) is 0 Å². The lowest BCUT2D eigenvalue weighted by Gasteiger charge is -2.27. The van der Waals surface area contributed by atoms with E-state index in [2.05, 4.69) is 10.3 Å². The molecule has 0 amide bonds. The molecule has 0 heterocycles. The topological polar surface area (TPSA) is 172 Å². The highest BCUT2D eigenvalue weighted by atomic mass is 16.6. The van der Waals surface area contributed by atoms with Gasteiger partial charge in [0.05, 0.1) is 22.8 Å². The van der Waals surface area contributed by atoms with Crippen molar-refractivity contribution >= 4 is 17.1 Å². The fourth-order valence-corrected chi connectivity index (χ4v) is 2.52. The lowest BCUT2D eigenvalue weighted by atomic mass is 10.1. The molecule has 162 valence electrons. The molecule has 0 unspecified atom stereocenters. The molecule has 0 bridgehead atoms. The molecular weight excluding hydrogens is 396 g/mol. The second-order valence-corrected chi connectivity index (χ2v) is 6.78. The minimum Gasteiger partial charge on any atom is -0.388 e. The van der Waals surface area contributed by atoms with E-state index in [9.17, 15) is 25.4 Å². The zero-order valence-corrected chi connectivity index (χ0v) is 16.4. The van der Waals surface area contributed by atoms with Crippen molar-refractivity contribution in [2.75, 3.05) is 11.6 Å². The minimum absolute atomic E-state index is 0.102. The van der Waals surface area contributed by atoms with Gasteiger partial charge in [-0.15, -0.1) is 5.11 Å². The van der Waals surface area contributed by atoms with Gasteiger partial charge in [0, 0.05) is 12.1 Å². The van der Waals surface area contributed by atoms with Crippen molar-refractivity contribution in [1.82, 2.24) is 0 Å². The van der Waals surface area contributed by atoms with Gasteiger partial charge in [-0.2, -0.15) is 0 Å². The quantitative estimate of drug-likeness (QED) is 0.174. The van der Waals surface area contributed by atoms with E-state index in [1.807, 2.05) is 19.9 Å². The summed E-state index contributed by atoms with van der Waals surface area (Å²) in [7, 11) is 0. The van der Waals surface area contributed by atoms with Crippen LogP contribution in [0.4, 0.5) is 17.1 Å². The Hall–Kier alpha value is -2.96. The predicted octanol–water partition coefficient (Wildman–Crippen LogP) is 1.11. The Balaban J connectivity index is 2.28. The summed E-state index contributed by atoms with van der Waals surface area (Å²) in [6, 6.07) is 10.7. The number of aliphatic hydroxyl groups excluding tert-OH is 4. The molecule has 0 aliphatic heterocycles. The van der Waals surface area contributed by atoms with Crippen LogP contribution in [0.1, 0.15) is 11.1 Å². The third-order valence-electron chi connectivity index (χ3n) is 4.53. The van der Waals surface area contributed by atoms with Crippen LogP contribution in [0.3, 0.4) is 0 Å². The lowest BCUT2D eigenvalue weighted by Crippen LogP contribution is -2.48. The Morgan fingerprint density at radius 3 is 2.13 bits per heavy atom. The molecule has 0 saturated heterocycles. The molecule has 30 heavy (non-hydrogen) atoms. The van der Waals surface area contributed by atoms with Crippen molar-refractivity contribution in [2.24, 2.45) is 10.3 Å². The van der Waals surface area contributed by atoms with Crippen LogP contribution in [0.2, 0.25) is 0 Å².